The maximum absolute atomic E-state index is 11.8. The summed E-state index contributed by atoms with van der Waals surface area (Å²) < 4.78 is 0. The maximum atomic E-state index is 11.8. The molecule has 0 bridgehead atoms. The third-order valence-electron chi connectivity index (χ3n) is 6.73. The SMILES string of the molecule is CC(=O)N1CCN(c2ccc(Nc3nc(N4CCCC(C(N)=O)C4)c4cc[nH]c4n3)cc2)CC1. The molecule has 0 aliphatic carbocycles. The van der Waals surface area contributed by atoms with Crippen molar-refractivity contribution >= 4 is 46.0 Å². The Morgan fingerprint density at radius 1 is 1.03 bits per heavy atom. The number of aromatic amines is 1. The van der Waals surface area contributed by atoms with Crippen molar-refractivity contribution in [2.45, 2.75) is 19.8 Å². The second-order valence-electron chi connectivity index (χ2n) is 8.96. The molecule has 2 aromatic heterocycles. The monoisotopic (exact) mass is 462 g/mol. The van der Waals surface area contributed by atoms with Crippen molar-refractivity contribution in [2.75, 3.05) is 54.4 Å². The van der Waals surface area contributed by atoms with E-state index in [2.05, 4.69) is 37.2 Å². The number of fused-ring (bicyclic) bond motifs is 1. The molecule has 2 saturated heterocycles. The largest absolute Gasteiger partial charge is 0.369 e. The van der Waals surface area contributed by atoms with Gasteiger partial charge in [0.25, 0.3) is 0 Å². The Bertz CT molecular complexity index is 1180. The molecule has 10 heteroatoms. The Balaban J connectivity index is 1.32. The van der Waals surface area contributed by atoms with Crippen LogP contribution in [0.4, 0.5) is 23.1 Å². The first-order valence-electron chi connectivity index (χ1n) is 11.7. The van der Waals surface area contributed by atoms with Gasteiger partial charge in [0.05, 0.1) is 11.3 Å². The number of carbonyl (C=O) groups is 2. The Hall–Kier alpha value is -3.82. The molecule has 10 nitrogen and oxygen atoms in total. The molecule has 1 atom stereocenters. The molecule has 2 aliphatic rings. The van der Waals surface area contributed by atoms with Gasteiger partial charge >= 0.3 is 0 Å². The first-order chi connectivity index (χ1) is 16.5. The first kappa shape index (κ1) is 22.0. The lowest BCUT2D eigenvalue weighted by Crippen LogP contribution is -2.48. The highest BCUT2D eigenvalue weighted by molar-refractivity contribution is 5.89. The van der Waals surface area contributed by atoms with Crippen LogP contribution in [0.1, 0.15) is 19.8 Å². The van der Waals surface area contributed by atoms with Crippen LogP contribution in [0.3, 0.4) is 0 Å². The number of hydrogen-bond donors (Lipinski definition) is 3. The lowest BCUT2D eigenvalue weighted by molar-refractivity contribution is -0.129. The number of amides is 2. The van der Waals surface area contributed by atoms with Crippen LogP contribution < -0.4 is 20.9 Å². The van der Waals surface area contributed by atoms with Crippen LogP contribution in [0.25, 0.3) is 11.0 Å². The molecule has 5 rings (SSSR count). The molecule has 178 valence electrons. The molecule has 2 fully saturated rings. The van der Waals surface area contributed by atoms with E-state index in [4.69, 9.17) is 10.7 Å². The number of piperidine rings is 1. The number of nitrogens with zero attached hydrogens (tertiary/aromatic N) is 5. The van der Waals surface area contributed by atoms with E-state index in [1.165, 1.54) is 0 Å². The minimum absolute atomic E-state index is 0.132. The van der Waals surface area contributed by atoms with E-state index in [1.807, 2.05) is 29.3 Å². The van der Waals surface area contributed by atoms with Crippen LogP contribution in [0, 0.1) is 5.92 Å². The fourth-order valence-corrected chi connectivity index (χ4v) is 4.79. The van der Waals surface area contributed by atoms with Crippen molar-refractivity contribution in [1.29, 1.82) is 0 Å². The summed E-state index contributed by atoms with van der Waals surface area (Å²) in [6.45, 7) is 6.15. The minimum Gasteiger partial charge on any atom is -0.369 e. The number of benzene rings is 1. The van der Waals surface area contributed by atoms with Gasteiger partial charge in [-0.05, 0) is 43.2 Å². The summed E-state index contributed by atoms with van der Waals surface area (Å²) >= 11 is 0. The number of anilines is 4. The summed E-state index contributed by atoms with van der Waals surface area (Å²) in [5, 5.41) is 4.25. The predicted octanol–water partition coefficient (Wildman–Crippen LogP) is 2.07. The fraction of sp³-hybridized carbons (Fsp3) is 0.417. The second-order valence-corrected chi connectivity index (χ2v) is 8.96. The Morgan fingerprint density at radius 3 is 2.50 bits per heavy atom. The predicted molar refractivity (Wildman–Crippen MR) is 132 cm³/mol. The molecular formula is C24H30N8O2. The number of aromatic nitrogens is 3. The standard InChI is InChI=1S/C24H30N8O2/c1-16(33)30-11-13-31(14-12-30)19-6-4-18(5-7-19)27-24-28-22-20(8-9-26-22)23(29-24)32-10-2-3-17(15-32)21(25)34/h4-9,17H,2-3,10-15H2,1H3,(H2,25,34)(H2,26,27,28,29). The van der Waals surface area contributed by atoms with Gasteiger partial charge in [0.15, 0.2) is 0 Å². The molecule has 1 unspecified atom stereocenters. The molecule has 34 heavy (non-hydrogen) atoms. The van der Waals surface area contributed by atoms with Crippen molar-refractivity contribution in [3.05, 3.63) is 36.5 Å². The number of primary amides is 1. The van der Waals surface area contributed by atoms with Gasteiger partial charge < -0.3 is 30.7 Å². The van der Waals surface area contributed by atoms with Gasteiger partial charge in [0.1, 0.15) is 11.5 Å². The van der Waals surface area contributed by atoms with Gasteiger partial charge in [0.2, 0.25) is 17.8 Å². The summed E-state index contributed by atoms with van der Waals surface area (Å²) in [5.41, 5.74) is 8.34. The first-order valence-corrected chi connectivity index (χ1v) is 11.7. The van der Waals surface area contributed by atoms with Crippen LogP contribution >= 0.6 is 0 Å². The van der Waals surface area contributed by atoms with Crippen molar-refractivity contribution < 1.29 is 9.59 Å². The van der Waals surface area contributed by atoms with Crippen molar-refractivity contribution in [1.82, 2.24) is 19.9 Å². The average Bonchev–Trinajstić information content (AvgIpc) is 3.33. The van der Waals surface area contributed by atoms with Gasteiger partial charge in [0, 0.05) is 63.8 Å². The normalized spacial score (nSPS) is 18.9. The summed E-state index contributed by atoms with van der Waals surface area (Å²) in [6, 6.07) is 10.1. The number of hydrogen-bond acceptors (Lipinski definition) is 7. The zero-order chi connectivity index (χ0) is 23.7. The Kier molecular flexibility index (Phi) is 5.95. The number of rotatable bonds is 5. The minimum atomic E-state index is -0.259. The summed E-state index contributed by atoms with van der Waals surface area (Å²) in [5.74, 6) is 1.00. The van der Waals surface area contributed by atoms with Crippen LogP contribution in [-0.4, -0.2) is 70.9 Å². The van der Waals surface area contributed by atoms with E-state index >= 15 is 0 Å². The molecule has 0 radical (unpaired) electrons. The number of carbonyl (C=O) groups excluding carboxylic acids is 2. The zero-order valence-corrected chi connectivity index (χ0v) is 19.3. The average molecular weight is 463 g/mol. The van der Waals surface area contributed by atoms with Crippen molar-refractivity contribution in [3.8, 4) is 0 Å². The quantitative estimate of drug-likeness (QED) is 0.530. The number of nitrogens with two attached hydrogens (primary N) is 1. The second kappa shape index (κ2) is 9.20. The molecule has 2 aliphatic heterocycles. The van der Waals surface area contributed by atoms with E-state index in [9.17, 15) is 9.59 Å². The van der Waals surface area contributed by atoms with Crippen LogP contribution in [0.15, 0.2) is 36.5 Å². The number of nitrogens with one attached hydrogen (secondary N) is 2. The van der Waals surface area contributed by atoms with Crippen LogP contribution in [-0.2, 0) is 9.59 Å². The van der Waals surface area contributed by atoms with Crippen molar-refractivity contribution in [2.24, 2.45) is 11.7 Å². The summed E-state index contributed by atoms with van der Waals surface area (Å²) in [4.78, 5) is 42.2. The summed E-state index contributed by atoms with van der Waals surface area (Å²) in [6.07, 6.45) is 3.56. The van der Waals surface area contributed by atoms with Gasteiger partial charge in [-0.1, -0.05) is 0 Å². The lowest BCUT2D eigenvalue weighted by Gasteiger charge is -2.35. The fourth-order valence-electron chi connectivity index (χ4n) is 4.79. The van der Waals surface area contributed by atoms with Gasteiger partial charge in [-0.3, -0.25) is 9.59 Å². The molecule has 0 saturated carbocycles. The van der Waals surface area contributed by atoms with Gasteiger partial charge in [-0.15, -0.1) is 0 Å². The van der Waals surface area contributed by atoms with Crippen molar-refractivity contribution in [3.63, 3.8) is 0 Å². The zero-order valence-electron chi connectivity index (χ0n) is 19.3. The molecule has 3 aromatic rings. The third-order valence-corrected chi connectivity index (χ3v) is 6.73. The van der Waals surface area contributed by atoms with E-state index < -0.39 is 0 Å². The molecule has 0 spiro atoms. The van der Waals surface area contributed by atoms with Gasteiger partial charge in [-0.25, -0.2) is 0 Å². The van der Waals surface area contributed by atoms with E-state index in [-0.39, 0.29) is 17.7 Å². The maximum Gasteiger partial charge on any atom is 0.231 e. The molecule has 1 aromatic carbocycles. The highest BCUT2D eigenvalue weighted by Crippen LogP contribution is 2.30. The molecule has 4 heterocycles. The van der Waals surface area contributed by atoms with E-state index in [1.54, 1.807) is 6.92 Å². The van der Waals surface area contributed by atoms with Crippen LogP contribution in [0.2, 0.25) is 0 Å². The molecular weight excluding hydrogens is 432 g/mol. The lowest BCUT2D eigenvalue weighted by atomic mass is 9.97. The van der Waals surface area contributed by atoms with E-state index in [0.29, 0.717) is 12.5 Å². The molecule has 4 N–H and O–H groups in total. The smallest absolute Gasteiger partial charge is 0.231 e. The highest BCUT2D eigenvalue weighted by atomic mass is 16.2. The number of H-pyrrole nitrogens is 1. The van der Waals surface area contributed by atoms with E-state index in [0.717, 1.165) is 73.8 Å². The topological polar surface area (TPSA) is 123 Å². The summed E-state index contributed by atoms with van der Waals surface area (Å²) in [7, 11) is 0. The number of piperazine rings is 1. The molecule has 2 amide bonds. The van der Waals surface area contributed by atoms with Gasteiger partial charge in [-0.2, -0.15) is 9.97 Å². The van der Waals surface area contributed by atoms with Crippen LogP contribution in [0.5, 0.6) is 0 Å². The Labute approximate surface area is 198 Å². The highest BCUT2D eigenvalue weighted by Gasteiger charge is 2.26. The Morgan fingerprint density at radius 2 is 1.79 bits per heavy atom. The third kappa shape index (κ3) is 4.48.